The van der Waals surface area contributed by atoms with Crippen molar-refractivity contribution in [3.8, 4) is 11.5 Å². The second kappa shape index (κ2) is 10.6. The Morgan fingerprint density at radius 1 is 0.938 bits per heavy atom. The number of sulfonamides is 1. The maximum absolute atomic E-state index is 13.5. The molecule has 7 nitrogen and oxygen atoms in total. The van der Waals surface area contributed by atoms with E-state index >= 15 is 0 Å². The van der Waals surface area contributed by atoms with Crippen molar-refractivity contribution in [1.82, 2.24) is 4.31 Å². The van der Waals surface area contributed by atoms with Crippen LogP contribution in [0.1, 0.15) is 5.56 Å². The van der Waals surface area contributed by atoms with Gasteiger partial charge in [0.05, 0.1) is 25.7 Å². The molecule has 9 heteroatoms. The van der Waals surface area contributed by atoms with E-state index in [1.165, 1.54) is 32.4 Å². The van der Waals surface area contributed by atoms with Gasteiger partial charge in [-0.3, -0.25) is 4.79 Å². The third-order valence-electron chi connectivity index (χ3n) is 4.62. The van der Waals surface area contributed by atoms with E-state index in [2.05, 4.69) is 21.2 Å². The number of benzene rings is 3. The number of hydrogen-bond acceptors (Lipinski definition) is 5. The van der Waals surface area contributed by atoms with Crippen molar-refractivity contribution in [2.75, 3.05) is 26.1 Å². The average molecular weight is 519 g/mol. The van der Waals surface area contributed by atoms with Gasteiger partial charge in [-0.15, -0.1) is 0 Å². The Hall–Kier alpha value is -2.88. The molecule has 3 aromatic carbocycles. The van der Waals surface area contributed by atoms with Gasteiger partial charge in [0.1, 0.15) is 0 Å². The molecule has 0 aliphatic heterocycles. The summed E-state index contributed by atoms with van der Waals surface area (Å²) in [6, 6.07) is 20.5. The quantitative estimate of drug-likeness (QED) is 0.456. The highest BCUT2D eigenvalue weighted by molar-refractivity contribution is 9.10. The number of amides is 1. The van der Waals surface area contributed by atoms with Crippen LogP contribution < -0.4 is 14.8 Å². The molecule has 0 fully saturated rings. The number of hydrogen-bond donors (Lipinski definition) is 1. The van der Waals surface area contributed by atoms with Crippen LogP contribution in [-0.2, 0) is 21.4 Å². The van der Waals surface area contributed by atoms with Crippen molar-refractivity contribution < 1.29 is 22.7 Å². The molecule has 0 spiro atoms. The van der Waals surface area contributed by atoms with E-state index in [0.29, 0.717) is 11.4 Å². The van der Waals surface area contributed by atoms with Gasteiger partial charge in [0.25, 0.3) is 0 Å². The number of methoxy groups -OCH3 is 2. The van der Waals surface area contributed by atoms with Crippen LogP contribution in [0.4, 0.5) is 5.69 Å². The summed E-state index contributed by atoms with van der Waals surface area (Å²) in [5.41, 5.74) is 1.32. The minimum absolute atomic E-state index is 0.00124. The van der Waals surface area contributed by atoms with Crippen molar-refractivity contribution in [2.45, 2.75) is 11.4 Å². The van der Waals surface area contributed by atoms with Gasteiger partial charge in [0.2, 0.25) is 15.9 Å². The van der Waals surface area contributed by atoms with Crippen molar-refractivity contribution in [1.29, 1.82) is 0 Å². The Morgan fingerprint density at radius 2 is 1.66 bits per heavy atom. The first-order valence-electron chi connectivity index (χ1n) is 9.65. The first-order chi connectivity index (χ1) is 15.3. The molecular formula is C23H23BrN2O5S. The van der Waals surface area contributed by atoms with Gasteiger partial charge >= 0.3 is 0 Å². The van der Waals surface area contributed by atoms with E-state index in [-0.39, 0.29) is 23.7 Å². The molecule has 1 amide bonds. The smallest absolute Gasteiger partial charge is 0.243 e. The molecule has 0 aliphatic rings. The maximum Gasteiger partial charge on any atom is 0.243 e. The van der Waals surface area contributed by atoms with Crippen molar-refractivity contribution in [2.24, 2.45) is 0 Å². The van der Waals surface area contributed by atoms with Gasteiger partial charge in [-0.2, -0.15) is 4.31 Å². The molecule has 0 atom stereocenters. The molecule has 0 radical (unpaired) electrons. The molecule has 3 rings (SSSR count). The van der Waals surface area contributed by atoms with Crippen LogP contribution >= 0.6 is 15.9 Å². The van der Waals surface area contributed by atoms with E-state index in [1.54, 1.807) is 18.2 Å². The van der Waals surface area contributed by atoms with Crippen LogP contribution in [0.15, 0.2) is 82.2 Å². The van der Waals surface area contributed by atoms with E-state index in [0.717, 1.165) is 14.3 Å². The summed E-state index contributed by atoms with van der Waals surface area (Å²) in [4.78, 5) is 12.7. The summed E-state index contributed by atoms with van der Waals surface area (Å²) < 4.78 is 39.4. The second-order valence-electron chi connectivity index (χ2n) is 6.83. The number of ether oxygens (including phenoxy) is 2. The van der Waals surface area contributed by atoms with Gasteiger partial charge < -0.3 is 14.8 Å². The van der Waals surface area contributed by atoms with Crippen LogP contribution in [-0.4, -0.2) is 39.4 Å². The third kappa shape index (κ3) is 5.87. The molecule has 32 heavy (non-hydrogen) atoms. The Morgan fingerprint density at radius 3 is 2.31 bits per heavy atom. The molecule has 0 bridgehead atoms. The lowest BCUT2D eigenvalue weighted by atomic mass is 10.2. The third-order valence-corrected chi connectivity index (χ3v) is 6.90. The summed E-state index contributed by atoms with van der Waals surface area (Å²) in [6.45, 7) is -0.332. The Bertz CT molecular complexity index is 1190. The van der Waals surface area contributed by atoms with Gasteiger partial charge in [0, 0.05) is 22.8 Å². The monoisotopic (exact) mass is 518 g/mol. The van der Waals surface area contributed by atoms with Crippen LogP contribution in [0, 0.1) is 0 Å². The highest BCUT2D eigenvalue weighted by atomic mass is 79.9. The molecule has 168 valence electrons. The van der Waals surface area contributed by atoms with E-state index < -0.39 is 15.9 Å². The van der Waals surface area contributed by atoms with Gasteiger partial charge in [0.15, 0.2) is 11.5 Å². The van der Waals surface area contributed by atoms with Crippen LogP contribution in [0.2, 0.25) is 0 Å². The van der Waals surface area contributed by atoms with Crippen LogP contribution in [0.25, 0.3) is 0 Å². The Labute approximate surface area is 196 Å². The zero-order valence-electron chi connectivity index (χ0n) is 17.6. The Kier molecular flexibility index (Phi) is 7.89. The van der Waals surface area contributed by atoms with E-state index in [9.17, 15) is 13.2 Å². The minimum Gasteiger partial charge on any atom is -0.493 e. The number of carbonyl (C=O) groups is 1. The van der Waals surface area contributed by atoms with Crippen molar-refractivity contribution in [3.63, 3.8) is 0 Å². The van der Waals surface area contributed by atoms with Gasteiger partial charge in [-0.1, -0.05) is 52.3 Å². The SMILES string of the molecule is COc1ccc(S(=O)(=O)N(CC(=O)Nc2cccc(Br)c2)Cc2ccccc2)cc1OC. The minimum atomic E-state index is -4.02. The lowest BCUT2D eigenvalue weighted by molar-refractivity contribution is -0.116. The first-order valence-corrected chi connectivity index (χ1v) is 11.9. The molecule has 0 heterocycles. The number of rotatable bonds is 9. The number of carbonyl (C=O) groups excluding carboxylic acids is 1. The fourth-order valence-corrected chi connectivity index (χ4v) is 4.87. The fourth-order valence-electron chi connectivity index (χ4n) is 3.07. The molecule has 3 aromatic rings. The predicted molar refractivity (Wildman–Crippen MR) is 126 cm³/mol. The summed E-state index contributed by atoms with van der Waals surface area (Å²) in [5, 5.41) is 2.74. The van der Waals surface area contributed by atoms with Crippen molar-refractivity contribution >= 4 is 37.5 Å². The molecule has 0 saturated heterocycles. The standard InChI is InChI=1S/C23H23BrN2O5S/c1-30-21-12-11-20(14-22(21)31-2)32(28,29)26(15-17-7-4-3-5-8-17)16-23(27)25-19-10-6-9-18(24)13-19/h3-14H,15-16H2,1-2H3,(H,25,27). The van der Waals surface area contributed by atoms with Crippen molar-refractivity contribution in [3.05, 3.63) is 82.8 Å². The maximum atomic E-state index is 13.5. The Balaban J connectivity index is 1.91. The molecule has 1 N–H and O–H groups in total. The average Bonchev–Trinajstić information content (AvgIpc) is 2.78. The second-order valence-corrected chi connectivity index (χ2v) is 9.69. The summed E-state index contributed by atoms with van der Waals surface area (Å²) in [5.74, 6) is 0.239. The largest absolute Gasteiger partial charge is 0.493 e. The summed E-state index contributed by atoms with van der Waals surface area (Å²) in [7, 11) is -1.12. The number of halogens is 1. The number of anilines is 1. The first kappa shape index (κ1) is 23.8. The summed E-state index contributed by atoms with van der Waals surface area (Å²) in [6.07, 6.45) is 0. The van der Waals surface area contributed by atoms with E-state index in [4.69, 9.17) is 9.47 Å². The molecule has 0 aliphatic carbocycles. The van der Waals surface area contributed by atoms with Gasteiger partial charge in [-0.25, -0.2) is 8.42 Å². The lowest BCUT2D eigenvalue weighted by Gasteiger charge is -2.22. The van der Waals surface area contributed by atoms with Gasteiger partial charge in [-0.05, 0) is 35.9 Å². The van der Waals surface area contributed by atoms with Crippen LogP contribution in [0.3, 0.4) is 0 Å². The molecular weight excluding hydrogens is 496 g/mol. The fraction of sp³-hybridized carbons (Fsp3) is 0.174. The van der Waals surface area contributed by atoms with E-state index in [1.807, 2.05) is 36.4 Å². The zero-order valence-corrected chi connectivity index (χ0v) is 20.0. The van der Waals surface area contributed by atoms with Crippen LogP contribution in [0.5, 0.6) is 11.5 Å². The highest BCUT2D eigenvalue weighted by Gasteiger charge is 2.28. The molecule has 0 aromatic heterocycles. The zero-order chi connectivity index (χ0) is 23.1. The highest BCUT2D eigenvalue weighted by Crippen LogP contribution is 2.31. The summed E-state index contributed by atoms with van der Waals surface area (Å²) >= 11 is 3.36. The number of nitrogens with one attached hydrogen (secondary N) is 1. The lowest BCUT2D eigenvalue weighted by Crippen LogP contribution is -2.37. The topological polar surface area (TPSA) is 84.9 Å². The molecule has 0 saturated carbocycles. The predicted octanol–water partition coefficient (Wildman–Crippen LogP) is 4.30. The normalized spacial score (nSPS) is 11.2. The molecule has 0 unspecified atom stereocenters. The number of nitrogens with zero attached hydrogens (tertiary/aromatic N) is 1.